The van der Waals surface area contributed by atoms with Gasteiger partial charge in [-0.3, -0.25) is 4.79 Å². The fourth-order valence-corrected chi connectivity index (χ4v) is 3.56. The molecule has 0 bridgehead atoms. The van der Waals surface area contributed by atoms with Crippen LogP contribution in [0.5, 0.6) is 0 Å². The van der Waals surface area contributed by atoms with E-state index in [1.165, 1.54) is 4.88 Å². The molecule has 25 heavy (non-hydrogen) atoms. The summed E-state index contributed by atoms with van der Waals surface area (Å²) in [6, 6.07) is 0. The molecule has 1 N–H and O–H groups in total. The molecule has 1 aromatic heterocycles. The Morgan fingerprint density at radius 3 is 2.92 bits per heavy atom. The first kappa shape index (κ1) is 22.1. The second-order valence-corrected chi connectivity index (χ2v) is 6.98. The van der Waals surface area contributed by atoms with Gasteiger partial charge in [0.1, 0.15) is 5.01 Å². The van der Waals surface area contributed by atoms with Crippen LogP contribution in [0, 0.1) is 5.92 Å². The zero-order valence-electron chi connectivity index (χ0n) is 15.3. The first-order valence-corrected chi connectivity index (χ1v) is 9.63. The number of nitrogens with one attached hydrogen (secondary N) is 1. The number of aryl methyl sites for hydroxylation is 1. The van der Waals surface area contributed by atoms with E-state index in [1.54, 1.807) is 11.3 Å². The van der Waals surface area contributed by atoms with Crippen molar-refractivity contribution in [1.29, 1.82) is 0 Å². The Hall–Kier alpha value is -0.900. The number of rotatable bonds is 6. The topological polar surface area (TPSA) is 66.8 Å². The normalized spacial score (nSPS) is 17.8. The molecule has 2 rings (SSSR count). The molecule has 1 fully saturated rings. The highest BCUT2D eigenvalue weighted by atomic mass is 127. The lowest BCUT2D eigenvalue weighted by molar-refractivity contribution is -0.149. The summed E-state index contributed by atoms with van der Waals surface area (Å²) in [5.74, 6) is 0.708. The van der Waals surface area contributed by atoms with Gasteiger partial charge in [-0.05, 0) is 33.1 Å². The monoisotopic (exact) mass is 480 g/mol. The van der Waals surface area contributed by atoms with Crippen molar-refractivity contribution in [2.75, 3.05) is 26.2 Å². The molecule has 0 amide bonds. The minimum absolute atomic E-state index is 0. The second-order valence-electron chi connectivity index (χ2n) is 5.78. The zero-order valence-corrected chi connectivity index (χ0v) is 18.4. The summed E-state index contributed by atoms with van der Waals surface area (Å²) in [5.41, 5.74) is 0. The summed E-state index contributed by atoms with van der Waals surface area (Å²) in [6.45, 7) is 9.44. The van der Waals surface area contributed by atoms with Gasteiger partial charge in [0, 0.05) is 30.7 Å². The van der Waals surface area contributed by atoms with Gasteiger partial charge in [-0.25, -0.2) is 9.98 Å². The van der Waals surface area contributed by atoms with E-state index >= 15 is 0 Å². The van der Waals surface area contributed by atoms with E-state index < -0.39 is 0 Å². The number of hydrogen-bond acceptors (Lipinski definition) is 5. The summed E-state index contributed by atoms with van der Waals surface area (Å²) in [6.07, 6.45) is 4.81. The summed E-state index contributed by atoms with van der Waals surface area (Å²) < 4.78 is 5.18. The minimum Gasteiger partial charge on any atom is -0.466 e. The SMILES string of the molecule is CCNC(=NCc1ncc(CC)s1)N1CCCC(C(=O)OCC)C1.I. The number of nitrogens with zero attached hydrogens (tertiary/aromatic N) is 3. The number of likely N-dealkylation sites (tertiary alicyclic amines) is 1. The van der Waals surface area contributed by atoms with E-state index in [-0.39, 0.29) is 35.9 Å². The lowest BCUT2D eigenvalue weighted by atomic mass is 9.98. The molecule has 0 spiro atoms. The van der Waals surface area contributed by atoms with Crippen LogP contribution in [0.3, 0.4) is 0 Å². The van der Waals surface area contributed by atoms with Crippen LogP contribution in [0.2, 0.25) is 0 Å². The highest BCUT2D eigenvalue weighted by molar-refractivity contribution is 14.0. The highest BCUT2D eigenvalue weighted by Crippen LogP contribution is 2.19. The number of carbonyl (C=O) groups excluding carboxylic acids is 1. The maximum atomic E-state index is 12.0. The quantitative estimate of drug-likeness (QED) is 0.294. The first-order chi connectivity index (χ1) is 11.7. The van der Waals surface area contributed by atoms with Crippen LogP contribution >= 0.6 is 35.3 Å². The van der Waals surface area contributed by atoms with Gasteiger partial charge in [0.2, 0.25) is 0 Å². The third-order valence-electron chi connectivity index (χ3n) is 3.99. The van der Waals surface area contributed by atoms with E-state index in [0.717, 1.165) is 43.3 Å². The number of guanidine groups is 1. The number of aromatic nitrogens is 1. The maximum absolute atomic E-state index is 12.0. The predicted molar refractivity (Wildman–Crippen MR) is 113 cm³/mol. The molecule has 1 aromatic rings. The van der Waals surface area contributed by atoms with Crippen molar-refractivity contribution in [1.82, 2.24) is 15.2 Å². The van der Waals surface area contributed by atoms with Crippen molar-refractivity contribution in [3.63, 3.8) is 0 Å². The fourth-order valence-electron chi connectivity index (χ4n) is 2.77. The molecule has 1 saturated heterocycles. The summed E-state index contributed by atoms with van der Waals surface area (Å²) in [4.78, 5) is 24.6. The van der Waals surface area contributed by atoms with Gasteiger partial charge in [0.05, 0.1) is 19.1 Å². The van der Waals surface area contributed by atoms with E-state index in [4.69, 9.17) is 9.73 Å². The number of aliphatic imine (C=N–C) groups is 1. The van der Waals surface area contributed by atoms with Crippen LogP contribution < -0.4 is 5.32 Å². The van der Waals surface area contributed by atoms with Crippen LogP contribution in [-0.2, 0) is 22.5 Å². The van der Waals surface area contributed by atoms with Gasteiger partial charge >= 0.3 is 5.97 Å². The van der Waals surface area contributed by atoms with Gasteiger partial charge in [0.15, 0.2) is 5.96 Å². The molecule has 0 saturated carbocycles. The Labute approximate surface area is 171 Å². The van der Waals surface area contributed by atoms with Gasteiger partial charge in [0.25, 0.3) is 0 Å². The van der Waals surface area contributed by atoms with Crippen LogP contribution in [0.4, 0.5) is 0 Å². The number of thiazole rings is 1. The molecule has 0 radical (unpaired) electrons. The van der Waals surface area contributed by atoms with Crippen molar-refractivity contribution in [3.05, 3.63) is 16.1 Å². The number of hydrogen-bond donors (Lipinski definition) is 1. The molecular weight excluding hydrogens is 451 g/mol. The van der Waals surface area contributed by atoms with Gasteiger partial charge in [-0.1, -0.05) is 6.92 Å². The van der Waals surface area contributed by atoms with Gasteiger partial charge in [-0.15, -0.1) is 35.3 Å². The molecular formula is C17H29IN4O2S. The zero-order chi connectivity index (χ0) is 17.4. The molecule has 6 nitrogen and oxygen atoms in total. The molecule has 2 heterocycles. The third-order valence-corrected chi connectivity index (χ3v) is 5.12. The van der Waals surface area contributed by atoms with E-state index in [0.29, 0.717) is 19.7 Å². The lowest BCUT2D eigenvalue weighted by Gasteiger charge is -2.33. The fraction of sp³-hybridized carbons (Fsp3) is 0.706. The van der Waals surface area contributed by atoms with E-state index in [1.807, 2.05) is 13.1 Å². The predicted octanol–water partition coefficient (Wildman–Crippen LogP) is 3.06. The third kappa shape index (κ3) is 6.73. The summed E-state index contributed by atoms with van der Waals surface area (Å²) in [5, 5.41) is 4.36. The second kappa shape index (κ2) is 11.7. The number of carbonyl (C=O) groups is 1. The first-order valence-electron chi connectivity index (χ1n) is 8.81. The number of halogens is 1. The maximum Gasteiger partial charge on any atom is 0.310 e. The Balaban J connectivity index is 0.00000312. The van der Waals surface area contributed by atoms with Gasteiger partial charge < -0.3 is 15.0 Å². The molecule has 1 aliphatic heterocycles. The van der Waals surface area contributed by atoms with Crippen LogP contribution in [-0.4, -0.2) is 48.1 Å². The van der Waals surface area contributed by atoms with Crippen LogP contribution in [0.1, 0.15) is 43.5 Å². The Bertz CT molecular complexity index is 565. The minimum atomic E-state index is -0.0921. The number of piperidine rings is 1. The Morgan fingerprint density at radius 1 is 1.48 bits per heavy atom. The van der Waals surface area contributed by atoms with Crippen molar-refractivity contribution in [2.45, 2.75) is 46.6 Å². The van der Waals surface area contributed by atoms with Crippen LogP contribution in [0.15, 0.2) is 11.2 Å². The Morgan fingerprint density at radius 2 is 2.28 bits per heavy atom. The number of ether oxygens (including phenoxy) is 1. The molecule has 0 aromatic carbocycles. The summed E-state index contributed by atoms with van der Waals surface area (Å²) in [7, 11) is 0. The van der Waals surface area contributed by atoms with E-state index in [9.17, 15) is 4.79 Å². The molecule has 1 unspecified atom stereocenters. The summed E-state index contributed by atoms with van der Waals surface area (Å²) >= 11 is 1.71. The van der Waals surface area contributed by atoms with Crippen molar-refractivity contribution >= 4 is 47.2 Å². The molecule has 1 atom stereocenters. The van der Waals surface area contributed by atoms with Crippen LogP contribution in [0.25, 0.3) is 0 Å². The molecule has 1 aliphatic rings. The Kier molecular flexibility index (Phi) is 10.3. The standard InChI is InChI=1S/C17H28N4O2S.HI/c1-4-14-10-19-15(24-14)11-20-17(18-5-2)21-9-7-8-13(12-21)16(22)23-6-3;/h10,13H,4-9,11-12H2,1-3H3,(H,18,20);1H. The van der Waals surface area contributed by atoms with Crippen molar-refractivity contribution in [3.8, 4) is 0 Å². The largest absolute Gasteiger partial charge is 0.466 e. The van der Waals surface area contributed by atoms with Crippen molar-refractivity contribution in [2.24, 2.45) is 10.9 Å². The lowest BCUT2D eigenvalue weighted by Crippen LogP contribution is -2.48. The van der Waals surface area contributed by atoms with Crippen molar-refractivity contribution < 1.29 is 9.53 Å². The molecule has 0 aliphatic carbocycles. The molecule has 142 valence electrons. The molecule has 8 heteroatoms. The van der Waals surface area contributed by atoms with E-state index in [2.05, 4.69) is 29.0 Å². The number of esters is 1. The highest BCUT2D eigenvalue weighted by Gasteiger charge is 2.28. The average molecular weight is 480 g/mol. The smallest absolute Gasteiger partial charge is 0.310 e. The average Bonchev–Trinajstić information content (AvgIpc) is 3.07. The van der Waals surface area contributed by atoms with Gasteiger partial charge in [-0.2, -0.15) is 0 Å².